The molecule has 2 fully saturated rings. The van der Waals surface area contributed by atoms with Crippen LogP contribution in [-0.4, -0.2) is 46.0 Å². The Kier molecular flexibility index (Phi) is 5.16. The van der Waals surface area contributed by atoms with Gasteiger partial charge in [-0.05, 0) is 18.4 Å². The number of carbonyl (C=O) groups excluding carboxylic acids is 1. The van der Waals surface area contributed by atoms with Crippen molar-refractivity contribution in [2.75, 3.05) is 11.9 Å². The Balaban J connectivity index is 1.57. The van der Waals surface area contributed by atoms with Crippen molar-refractivity contribution < 1.29 is 14.6 Å². The molecule has 1 N–H and O–H groups in total. The van der Waals surface area contributed by atoms with Crippen LogP contribution in [0.3, 0.4) is 0 Å². The van der Waals surface area contributed by atoms with E-state index >= 15 is 0 Å². The lowest BCUT2D eigenvalue weighted by molar-refractivity contribution is -0.163. The second-order valence-electron chi connectivity index (χ2n) is 6.16. The molecule has 120 valence electrons. The maximum Gasteiger partial charge on any atom is 0.339 e. The van der Waals surface area contributed by atoms with Gasteiger partial charge in [0.2, 0.25) is 0 Å². The fraction of sp³-hybridized carbons (Fsp3) is 0.588. The number of carbonyl (C=O) groups is 1. The summed E-state index contributed by atoms with van der Waals surface area (Å²) in [5.41, 5.74) is 0.590. The summed E-state index contributed by atoms with van der Waals surface area (Å²) in [6.45, 7) is 1.06. The number of hydrogen-bond acceptors (Lipinski definition) is 4. The van der Waals surface area contributed by atoms with Crippen LogP contribution in [0.5, 0.6) is 0 Å². The van der Waals surface area contributed by atoms with Crippen LogP contribution >= 0.6 is 15.9 Å². The number of ether oxygens (including phenoxy) is 1. The maximum absolute atomic E-state index is 12.2. The zero-order valence-electron chi connectivity index (χ0n) is 12.5. The van der Waals surface area contributed by atoms with Crippen LogP contribution < -0.4 is 0 Å². The van der Waals surface area contributed by atoms with Gasteiger partial charge in [0.25, 0.3) is 0 Å². The average molecular weight is 368 g/mol. The van der Waals surface area contributed by atoms with E-state index in [1.165, 1.54) is 12.8 Å². The molecule has 4 nitrogen and oxygen atoms in total. The van der Waals surface area contributed by atoms with Gasteiger partial charge >= 0.3 is 5.97 Å². The van der Waals surface area contributed by atoms with E-state index in [2.05, 4.69) is 20.8 Å². The summed E-state index contributed by atoms with van der Waals surface area (Å²) in [5, 5.41) is 11.1. The molecule has 0 radical (unpaired) electrons. The highest BCUT2D eigenvalue weighted by molar-refractivity contribution is 9.09. The molecule has 2 aliphatic heterocycles. The van der Waals surface area contributed by atoms with Crippen molar-refractivity contribution in [1.82, 2.24) is 4.90 Å². The first kappa shape index (κ1) is 16.0. The fourth-order valence-electron chi connectivity index (χ4n) is 3.78. The highest BCUT2D eigenvalue weighted by atomic mass is 79.9. The monoisotopic (exact) mass is 367 g/mol. The molecule has 2 heterocycles. The molecule has 22 heavy (non-hydrogen) atoms. The SMILES string of the molecule is O=C(OC1CC2CCC(C1)N2CCBr)C(O)c1ccccc1. The zero-order chi connectivity index (χ0) is 15.5. The minimum absolute atomic E-state index is 0.0602. The van der Waals surface area contributed by atoms with Crippen molar-refractivity contribution in [1.29, 1.82) is 0 Å². The number of benzene rings is 1. The van der Waals surface area contributed by atoms with Crippen LogP contribution in [0.1, 0.15) is 37.4 Å². The van der Waals surface area contributed by atoms with Gasteiger partial charge < -0.3 is 9.84 Å². The summed E-state index contributed by atoms with van der Waals surface area (Å²) in [7, 11) is 0. The largest absolute Gasteiger partial charge is 0.460 e. The molecule has 0 aromatic heterocycles. The third kappa shape index (κ3) is 3.36. The first-order valence-electron chi connectivity index (χ1n) is 7.94. The number of hydrogen-bond donors (Lipinski definition) is 1. The predicted molar refractivity (Wildman–Crippen MR) is 87.8 cm³/mol. The van der Waals surface area contributed by atoms with E-state index in [9.17, 15) is 9.90 Å². The Labute approximate surface area is 139 Å². The summed E-state index contributed by atoms with van der Waals surface area (Å²) in [5.74, 6) is -0.524. The molecule has 0 spiro atoms. The normalized spacial score (nSPS) is 29.3. The number of alkyl halides is 1. The first-order valence-corrected chi connectivity index (χ1v) is 9.06. The van der Waals surface area contributed by atoms with E-state index in [0.29, 0.717) is 17.6 Å². The second-order valence-corrected chi connectivity index (χ2v) is 6.95. The number of nitrogens with zero attached hydrogens (tertiary/aromatic N) is 1. The lowest BCUT2D eigenvalue weighted by atomic mass is 9.99. The third-order valence-corrected chi connectivity index (χ3v) is 5.16. The van der Waals surface area contributed by atoms with E-state index in [-0.39, 0.29) is 6.10 Å². The van der Waals surface area contributed by atoms with E-state index in [1.54, 1.807) is 12.1 Å². The number of esters is 1. The Morgan fingerprint density at radius 3 is 2.50 bits per heavy atom. The molecule has 1 aromatic rings. The minimum Gasteiger partial charge on any atom is -0.460 e. The highest BCUT2D eigenvalue weighted by Crippen LogP contribution is 2.37. The summed E-state index contributed by atoms with van der Waals surface area (Å²) >= 11 is 3.51. The van der Waals surface area contributed by atoms with Gasteiger partial charge in [0.1, 0.15) is 6.10 Å². The third-order valence-electron chi connectivity index (χ3n) is 4.81. The molecule has 3 unspecified atom stereocenters. The van der Waals surface area contributed by atoms with Gasteiger partial charge in [0, 0.05) is 36.8 Å². The van der Waals surface area contributed by atoms with Crippen LogP contribution in [0.4, 0.5) is 0 Å². The standard InChI is InChI=1S/C17H22BrNO3/c18-8-9-19-13-6-7-14(19)11-15(10-13)22-17(21)16(20)12-4-2-1-3-5-12/h1-5,13-16,20H,6-11H2. The summed E-state index contributed by atoms with van der Waals surface area (Å²) in [4.78, 5) is 14.7. The summed E-state index contributed by atoms with van der Waals surface area (Å²) in [6.07, 6.45) is 2.90. The van der Waals surface area contributed by atoms with Crippen molar-refractivity contribution in [2.45, 2.75) is 50.0 Å². The Bertz CT molecular complexity index is 496. The van der Waals surface area contributed by atoms with Crippen LogP contribution in [0, 0.1) is 0 Å². The molecule has 5 heteroatoms. The topological polar surface area (TPSA) is 49.8 Å². The number of aliphatic hydroxyl groups excluding tert-OH is 1. The van der Waals surface area contributed by atoms with Crippen LogP contribution in [0.25, 0.3) is 0 Å². The van der Waals surface area contributed by atoms with E-state index in [4.69, 9.17) is 4.74 Å². The predicted octanol–water partition coefficient (Wildman–Crippen LogP) is 2.65. The van der Waals surface area contributed by atoms with Gasteiger partial charge in [-0.1, -0.05) is 46.3 Å². The van der Waals surface area contributed by atoms with Crippen molar-refractivity contribution in [3.63, 3.8) is 0 Å². The Morgan fingerprint density at radius 2 is 1.91 bits per heavy atom. The lowest BCUT2D eigenvalue weighted by Gasteiger charge is -2.38. The first-order chi connectivity index (χ1) is 10.7. The zero-order valence-corrected chi connectivity index (χ0v) is 14.1. The second kappa shape index (κ2) is 7.11. The molecule has 2 bridgehead atoms. The van der Waals surface area contributed by atoms with Gasteiger partial charge in [0.15, 0.2) is 6.10 Å². The van der Waals surface area contributed by atoms with Crippen molar-refractivity contribution in [3.8, 4) is 0 Å². The van der Waals surface area contributed by atoms with Crippen LogP contribution in [0.2, 0.25) is 0 Å². The van der Waals surface area contributed by atoms with Crippen molar-refractivity contribution in [3.05, 3.63) is 35.9 Å². The van der Waals surface area contributed by atoms with Gasteiger partial charge in [-0.15, -0.1) is 0 Å². The van der Waals surface area contributed by atoms with Crippen molar-refractivity contribution in [2.24, 2.45) is 0 Å². The summed E-state index contributed by atoms with van der Waals surface area (Å²) in [6, 6.07) is 10.0. The molecule has 2 aliphatic rings. The number of halogens is 1. The van der Waals surface area contributed by atoms with Crippen LogP contribution in [-0.2, 0) is 9.53 Å². The number of fused-ring (bicyclic) bond motifs is 2. The molecular formula is C17H22BrNO3. The summed E-state index contributed by atoms with van der Waals surface area (Å²) < 4.78 is 5.59. The number of aliphatic hydroxyl groups is 1. The smallest absolute Gasteiger partial charge is 0.339 e. The molecule has 3 atom stereocenters. The van der Waals surface area contributed by atoms with E-state index in [1.807, 2.05) is 18.2 Å². The molecule has 3 rings (SSSR count). The lowest BCUT2D eigenvalue weighted by Crippen LogP contribution is -2.46. The van der Waals surface area contributed by atoms with Crippen molar-refractivity contribution >= 4 is 21.9 Å². The fourth-order valence-corrected chi connectivity index (χ4v) is 4.19. The van der Waals surface area contributed by atoms with E-state index in [0.717, 1.165) is 24.7 Å². The molecule has 0 aliphatic carbocycles. The Hall–Kier alpha value is -0.910. The van der Waals surface area contributed by atoms with Gasteiger partial charge in [-0.3, -0.25) is 4.90 Å². The number of rotatable bonds is 5. The molecule has 1 aromatic carbocycles. The highest BCUT2D eigenvalue weighted by Gasteiger charge is 2.41. The van der Waals surface area contributed by atoms with Gasteiger partial charge in [0.05, 0.1) is 0 Å². The Morgan fingerprint density at radius 1 is 1.27 bits per heavy atom. The van der Waals surface area contributed by atoms with E-state index < -0.39 is 12.1 Å². The van der Waals surface area contributed by atoms with Gasteiger partial charge in [-0.25, -0.2) is 4.79 Å². The van der Waals surface area contributed by atoms with Crippen LogP contribution in [0.15, 0.2) is 30.3 Å². The number of piperidine rings is 1. The maximum atomic E-state index is 12.2. The minimum atomic E-state index is -1.18. The average Bonchev–Trinajstić information content (AvgIpc) is 2.78. The van der Waals surface area contributed by atoms with Gasteiger partial charge in [-0.2, -0.15) is 0 Å². The molecule has 0 saturated carbocycles. The quantitative estimate of drug-likeness (QED) is 0.641. The molecule has 2 saturated heterocycles. The molecular weight excluding hydrogens is 346 g/mol. The molecule has 0 amide bonds.